The van der Waals surface area contributed by atoms with Crippen LogP contribution in [0.1, 0.15) is 36.5 Å². The van der Waals surface area contributed by atoms with Gasteiger partial charge in [0.1, 0.15) is 0 Å². The summed E-state index contributed by atoms with van der Waals surface area (Å²) in [5, 5.41) is 0. The highest BCUT2D eigenvalue weighted by Crippen LogP contribution is 2.22. The molecule has 0 radical (unpaired) electrons. The Kier molecular flexibility index (Phi) is 5.12. The van der Waals surface area contributed by atoms with Crippen LogP contribution < -0.4 is 4.74 Å². The monoisotopic (exact) mass is 279 g/mol. The first-order valence-electron chi connectivity index (χ1n) is 7.23. The van der Waals surface area contributed by atoms with Crippen molar-refractivity contribution in [1.29, 1.82) is 0 Å². The third-order valence-corrected chi connectivity index (χ3v) is 3.91. The van der Waals surface area contributed by atoms with Crippen molar-refractivity contribution in [1.82, 2.24) is 4.90 Å². The molecule has 0 spiro atoms. The van der Waals surface area contributed by atoms with Gasteiger partial charge in [-0.3, -0.25) is 9.69 Å². The van der Waals surface area contributed by atoms with Crippen LogP contribution in [0.2, 0.25) is 0 Å². The van der Waals surface area contributed by atoms with Crippen LogP contribution in [0.3, 0.4) is 0 Å². The molecule has 1 aromatic rings. The van der Waals surface area contributed by atoms with E-state index < -0.39 is 5.82 Å². The maximum Gasteiger partial charge on any atom is 0.176 e. The number of rotatable bonds is 6. The van der Waals surface area contributed by atoms with Crippen molar-refractivity contribution >= 4 is 5.78 Å². The zero-order chi connectivity index (χ0) is 14.5. The molecule has 0 aliphatic carbocycles. The number of hydrogen-bond donors (Lipinski definition) is 0. The number of nitrogens with zero attached hydrogens (tertiary/aromatic N) is 1. The fourth-order valence-electron chi connectivity index (χ4n) is 2.83. The molecule has 0 N–H and O–H groups in total. The number of carbonyl (C=O) groups is 1. The lowest BCUT2D eigenvalue weighted by atomic mass is 10.0. The van der Waals surface area contributed by atoms with Crippen molar-refractivity contribution in [3.05, 3.63) is 29.6 Å². The lowest BCUT2D eigenvalue weighted by Gasteiger charge is -2.15. The van der Waals surface area contributed by atoms with Crippen molar-refractivity contribution in [2.45, 2.75) is 26.2 Å². The molecule has 3 nitrogen and oxygen atoms in total. The van der Waals surface area contributed by atoms with Gasteiger partial charge in [0.2, 0.25) is 0 Å². The predicted octanol–water partition coefficient (Wildman–Crippen LogP) is 3.14. The Bertz CT molecular complexity index is 476. The van der Waals surface area contributed by atoms with E-state index in [1.807, 2.05) is 0 Å². The van der Waals surface area contributed by atoms with Crippen LogP contribution in [0.15, 0.2) is 18.2 Å². The van der Waals surface area contributed by atoms with Crippen molar-refractivity contribution < 1.29 is 13.9 Å². The molecular formula is C16H22FNO2. The molecule has 4 heteroatoms. The molecule has 0 amide bonds. The zero-order valence-electron chi connectivity index (χ0n) is 12.2. The van der Waals surface area contributed by atoms with Crippen molar-refractivity contribution in [3.8, 4) is 5.75 Å². The van der Waals surface area contributed by atoms with Gasteiger partial charge in [-0.25, -0.2) is 4.39 Å². The molecule has 1 aliphatic rings. The highest BCUT2D eigenvalue weighted by molar-refractivity contribution is 5.97. The number of methoxy groups -OCH3 is 1. The SMILES string of the molecule is CCCC1CCN(CC(=O)c2ccc(OC)c(F)c2)C1. The predicted molar refractivity (Wildman–Crippen MR) is 76.7 cm³/mol. The number of halogens is 1. The second-order valence-electron chi connectivity index (χ2n) is 5.45. The first kappa shape index (κ1) is 15.0. The van der Waals surface area contributed by atoms with Gasteiger partial charge < -0.3 is 4.74 Å². The molecule has 1 fully saturated rings. The smallest absolute Gasteiger partial charge is 0.176 e. The molecule has 1 aromatic carbocycles. The Morgan fingerprint density at radius 1 is 1.50 bits per heavy atom. The molecule has 0 bridgehead atoms. The molecule has 20 heavy (non-hydrogen) atoms. The molecule has 1 aliphatic heterocycles. The van der Waals surface area contributed by atoms with Crippen LogP contribution >= 0.6 is 0 Å². The van der Waals surface area contributed by atoms with Crippen LogP contribution in [0.25, 0.3) is 0 Å². The highest BCUT2D eigenvalue weighted by Gasteiger charge is 2.23. The lowest BCUT2D eigenvalue weighted by molar-refractivity contribution is 0.0942. The second kappa shape index (κ2) is 6.84. The summed E-state index contributed by atoms with van der Waals surface area (Å²) in [6.07, 6.45) is 3.58. The van der Waals surface area contributed by atoms with Crippen molar-refractivity contribution in [3.63, 3.8) is 0 Å². The third-order valence-electron chi connectivity index (χ3n) is 3.91. The molecule has 1 saturated heterocycles. The molecular weight excluding hydrogens is 257 g/mol. The van der Waals surface area contributed by atoms with Gasteiger partial charge in [0.25, 0.3) is 0 Å². The van der Waals surface area contributed by atoms with Crippen molar-refractivity contribution in [2.24, 2.45) is 5.92 Å². The number of benzene rings is 1. The summed E-state index contributed by atoms with van der Waals surface area (Å²) in [5.41, 5.74) is 0.419. The molecule has 0 saturated carbocycles. The van der Waals surface area contributed by atoms with E-state index in [2.05, 4.69) is 11.8 Å². The first-order valence-corrected chi connectivity index (χ1v) is 7.23. The standard InChI is InChI=1S/C16H22FNO2/c1-3-4-12-7-8-18(10-12)11-15(19)13-5-6-16(20-2)14(17)9-13/h5-6,9,12H,3-4,7-8,10-11H2,1-2H3. The van der Waals surface area contributed by atoms with Gasteiger partial charge in [0.05, 0.1) is 13.7 Å². The summed E-state index contributed by atoms with van der Waals surface area (Å²) in [6.45, 7) is 4.52. The van der Waals surface area contributed by atoms with E-state index in [4.69, 9.17) is 4.74 Å². The zero-order valence-corrected chi connectivity index (χ0v) is 12.2. The Balaban J connectivity index is 1.94. The van der Waals surface area contributed by atoms with E-state index in [1.165, 1.54) is 32.1 Å². The largest absolute Gasteiger partial charge is 0.494 e. The number of likely N-dealkylation sites (tertiary alicyclic amines) is 1. The van der Waals surface area contributed by atoms with Crippen LogP contribution in [-0.4, -0.2) is 37.4 Å². The quantitative estimate of drug-likeness (QED) is 0.749. The van der Waals surface area contributed by atoms with Crippen LogP contribution in [0.4, 0.5) is 4.39 Å². The second-order valence-corrected chi connectivity index (χ2v) is 5.45. The number of carbonyl (C=O) groups excluding carboxylic acids is 1. The van der Waals surface area contributed by atoms with Gasteiger partial charge in [-0.2, -0.15) is 0 Å². The van der Waals surface area contributed by atoms with Gasteiger partial charge in [0.15, 0.2) is 17.3 Å². The van der Waals surface area contributed by atoms with Crippen molar-refractivity contribution in [2.75, 3.05) is 26.7 Å². The van der Waals surface area contributed by atoms with E-state index in [1.54, 1.807) is 6.07 Å². The van der Waals surface area contributed by atoms with Crippen LogP contribution in [0.5, 0.6) is 5.75 Å². The fraction of sp³-hybridized carbons (Fsp3) is 0.562. The van der Waals surface area contributed by atoms with Gasteiger partial charge >= 0.3 is 0 Å². The van der Waals surface area contributed by atoms with E-state index in [9.17, 15) is 9.18 Å². The molecule has 0 aromatic heterocycles. The summed E-state index contributed by atoms with van der Waals surface area (Å²) >= 11 is 0. The molecule has 110 valence electrons. The Morgan fingerprint density at radius 3 is 2.95 bits per heavy atom. The number of ether oxygens (including phenoxy) is 1. The van der Waals surface area contributed by atoms with E-state index >= 15 is 0 Å². The normalized spacial score (nSPS) is 19.2. The Hall–Kier alpha value is -1.42. The minimum absolute atomic E-state index is 0.0244. The average molecular weight is 279 g/mol. The van der Waals surface area contributed by atoms with E-state index in [-0.39, 0.29) is 11.5 Å². The topological polar surface area (TPSA) is 29.5 Å². The first-order chi connectivity index (χ1) is 9.63. The number of hydrogen-bond acceptors (Lipinski definition) is 3. The maximum atomic E-state index is 13.6. The molecule has 1 atom stereocenters. The van der Waals surface area contributed by atoms with E-state index in [0.29, 0.717) is 18.0 Å². The van der Waals surface area contributed by atoms with Gasteiger partial charge in [0, 0.05) is 12.1 Å². The van der Waals surface area contributed by atoms with Gasteiger partial charge in [-0.05, 0) is 43.5 Å². The summed E-state index contributed by atoms with van der Waals surface area (Å²) in [6, 6.07) is 4.40. The van der Waals surface area contributed by atoms with Gasteiger partial charge in [-0.1, -0.05) is 13.3 Å². The Morgan fingerprint density at radius 2 is 2.30 bits per heavy atom. The lowest BCUT2D eigenvalue weighted by Crippen LogP contribution is -2.28. The summed E-state index contributed by atoms with van der Waals surface area (Å²) in [7, 11) is 1.41. The third kappa shape index (κ3) is 3.57. The highest BCUT2D eigenvalue weighted by atomic mass is 19.1. The number of Topliss-reactive ketones (excluding diaryl/α,β-unsaturated/α-hetero) is 1. The summed E-state index contributed by atoms with van der Waals surface area (Å²) in [4.78, 5) is 14.3. The minimum atomic E-state index is -0.483. The molecule has 2 rings (SSSR count). The van der Waals surface area contributed by atoms with Crippen LogP contribution in [0, 0.1) is 11.7 Å². The van der Waals surface area contributed by atoms with Crippen LogP contribution in [-0.2, 0) is 0 Å². The van der Waals surface area contributed by atoms with E-state index in [0.717, 1.165) is 19.5 Å². The number of ketones is 1. The average Bonchev–Trinajstić information content (AvgIpc) is 2.86. The fourth-order valence-corrected chi connectivity index (χ4v) is 2.83. The molecule has 1 unspecified atom stereocenters. The molecule has 1 heterocycles. The van der Waals surface area contributed by atoms with Gasteiger partial charge in [-0.15, -0.1) is 0 Å². The Labute approximate surface area is 119 Å². The minimum Gasteiger partial charge on any atom is -0.494 e. The summed E-state index contributed by atoms with van der Waals surface area (Å²) < 4.78 is 18.5. The summed E-state index contributed by atoms with van der Waals surface area (Å²) in [5.74, 6) is 0.374. The maximum absolute atomic E-state index is 13.6.